The topological polar surface area (TPSA) is 70.2 Å². The van der Waals surface area contributed by atoms with Crippen LogP contribution in [0.4, 0.5) is 17.1 Å². The molecule has 3 N–H and O–H groups in total. The molecule has 0 saturated heterocycles. The molecule has 0 atom stereocenters. The van der Waals surface area contributed by atoms with E-state index in [0.717, 1.165) is 16.8 Å². The highest BCUT2D eigenvalue weighted by atomic mass is 35.5. The lowest BCUT2D eigenvalue weighted by Gasteiger charge is -2.10. The predicted octanol–water partition coefficient (Wildman–Crippen LogP) is 5.56. The molecule has 152 valence electrons. The average Bonchev–Trinajstić information content (AvgIpc) is 2.73. The van der Waals surface area contributed by atoms with E-state index in [1.807, 2.05) is 48.5 Å². The molecule has 0 aliphatic carbocycles. The molecule has 3 aromatic rings. The highest BCUT2D eigenvalue weighted by molar-refractivity contribution is 6.33. The van der Waals surface area contributed by atoms with Crippen LogP contribution in [0.5, 0.6) is 0 Å². The lowest BCUT2D eigenvalue weighted by atomic mass is 10.2. The SMILES string of the molecule is CC(=O)Nc1ccc(/C=C/C(=O)Nc2ccc(NCc3ccccc3)c(Cl)c2)cc1. The van der Waals surface area contributed by atoms with E-state index in [4.69, 9.17) is 11.6 Å². The number of carbonyl (C=O) groups excluding carboxylic acids is 2. The van der Waals surface area contributed by atoms with Gasteiger partial charge in [0.15, 0.2) is 0 Å². The maximum absolute atomic E-state index is 12.2. The number of rotatable bonds is 7. The third kappa shape index (κ3) is 6.50. The smallest absolute Gasteiger partial charge is 0.248 e. The molecule has 3 aromatic carbocycles. The van der Waals surface area contributed by atoms with Gasteiger partial charge in [-0.25, -0.2) is 0 Å². The molecule has 2 amide bonds. The molecule has 5 nitrogen and oxygen atoms in total. The van der Waals surface area contributed by atoms with Crippen LogP contribution in [0.2, 0.25) is 5.02 Å². The van der Waals surface area contributed by atoms with Gasteiger partial charge in [0.25, 0.3) is 0 Å². The van der Waals surface area contributed by atoms with Gasteiger partial charge >= 0.3 is 0 Å². The van der Waals surface area contributed by atoms with Crippen molar-refractivity contribution in [3.05, 3.63) is 95.0 Å². The number of amides is 2. The van der Waals surface area contributed by atoms with Gasteiger partial charge in [-0.15, -0.1) is 0 Å². The van der Waals surface area contributed by atoms with Crippen molar-refractivity contribution < 1.29 is 9.59 Å². The number of halogens is 1. The van der Waals surface area contributed by atoms with Crippen molar-refractivity contribution in [2.24, 2.45) is 0 Å². The number of anilines is 3. The highest BCUT2D eigenvalue weighted by Gasteiger charge is 2.04. The number of benzene rings is 3. The number of carbonyl (C=O) groups is 2. The molecule has 6 heteroatoms. The second-order valence-electron chi connectivity index (χ2n) is 6.66. The minimum absolute atomic E-state index is 0.127. The summed E-state index contributed by atoms with van der Waals surface area (Å²) in [6, 6.07) is 22.6. The summed E-state index contributed by atoms with van der Waals surface area (Å²) in [4.78, 5) is 23.2. The Bertz CT molecular complexity index is 1050. The molecule has 30 heavy (non-hydrogen) atoms. The van der Waals surface area contributed by atoms with Crippen molar-refractivity contribution in [1.82, 2.24) is 0 Å². The standard InChI is InChI=1S/C24H22ClN3O2/c1-17(29)27-20-10-7-18(8-11-20)9-14-24(30)28-21-12-13-23(22(25)15-21)26-16-19-5-3-2-4-6-19/h2-15,26H,16H2,1H3,(H,27,29)(H,28,30)/b14-9+. The summed E-state index contributed by atoms with van der Waals surface area (Å²) in [6.07, 6.45) is 3.15. The van der Waals surface area contributed by atoms with Gasteiger partial charge in [-0.2, -0.15) is 0 Å². The highest BCUT2D eigenvalue weighted by Crippen LogP contribution is 2.26. The Morgan fingerprint density at radius 1 is 0.900 bits per heavy atom. The first-order chi connectivity index (χ1) is 14.5. The summed E-state index contributed by atoms with van der Waals surface area (Å²) >= 11 is 6.34. The Hall–Kier alpha value is -3.57. The van der Waals surface area contributed by atoms with Gasteiger partial charge in [0.05, 0.1) is 10.7 Å². The molecule has 0 heterocycles. The van der Waals surface area contributed by atoms with E-state index in [0.29, 0.717) is 22.9 Å². The maximum atomic E-state index is 12.2. The van der Waals surface area contributed by atoms with Crippen molar-refractivity contribution >= 4 is 46.6 Å². The Kier molecular flexibility index (Phi) is 7.24. The van der Waals surface area contributed by atoms with Crippen molar-refractivity contribution in [1.29, 1.82) is 0 Å². The number of hydrogen-bond donors (Lipinski definition) is 3. The lowest BCUT2D eigenvalue weighted by molar-refractivity contribution is -0.114. The summed E-state index contributed by atoms with van der Waals surface area (Å²) in [5.74, 6) is -0.389. The van der Waals surface area contributed by atoms with E-state index in [9.17, 15) is 9.59 Å². The van der Waals surface area contributed by atoms with Crippen LogP contribution < -0.4 is 16.0 Å². The summed E-state index contributed by atoms with van der Waals surface area (Å²) in [5.41, 5.74) is 4.12. The van der Waals surface area contributed by atoms with E-state index in [-0.39, 0.29) is 11.8 Å². The van der Waals surface area contributed by atoms with Crippen LogP contribution in [-0.2, 0) is 16.1 Å². The van der Waals surface area contributed by atoms with Crippen LogP contribution in [0.15, 0.2) is 78.9 Å². The van der Waals surface area contributed by atoms with Crippen molar-refractivity contribution in [2.45, 2.75) is 13.5 Å². The summed E-state index contributed by atoms with van der Waals surface area (Å²) in [6.45, 7) is 2.12. The van der Waals surface area contributed by atoms with E-state index < -0.39 is 0 Å². The van der Waals surface area contributed by atoms with Crippen LogP contribution in [-0.4, -0.2) is 11.8 Å². The van der Waals surface area contributed by atoms with E-state index >= 15 is 0 Å². The van der Waals surface area contributed by atoms with Gasteiger partial charge < -0.3 is 16.0 Å². The Morgan fingerprint density at radius 3 is 2.27 bits per heavy atom. The third-order valence-electron chi connectivity index (χ3n) is 4.22. The minimum Gasteiger partial charge on any atom is -0.380 e. The Labute approximate surface area is 180 Å². The molecule has 0 saturated carbocycles. The quantitative estimate of drug-likeness (QED) is 0.439. The third-order valence-corrected chi connectivity index (χ3v) is 4.53. The fourth-order valence-electron chi connectivity index (χ4n) is 2.77. The van der Waals surface area contributed by atoms with Crippen LogP contribution in [0.1, 0.15) is 18.1 Å². The zero-order valence-electron chi connectivity index (χ0n) is 16.5. The van der Waals surface area contributed by atoms with Crippen molar-refractivity contribution in [3.8, 4) is 0 Å². The van der Waals surface area contributed by atoms with Gasteiger partial charge in [-0.3, -0.25) is 9.59 Å². The molecule has 0 unspecified atom stereocenters. The first kappa shape index (κ1) is 21.1. The molecular formula is C24H22ClN3O2. The second-order valence-corrected chi connectivity index (χ2v) is 7.07. The summed E-state index contributed by atoms with van der Waals surface area (Å²) in [5, 5.41) is 9.31. The zero-order chi connectivity index (χ0) is 21.3. The molecule has 0 aliphatic heterocycles. The van der Waals surface area contributed by atoms with Gasteiger partial charge in [0, 0.05) is 30.9 Å². The van der Waals surface area contributed by atoms with Gasteiger partial charge in [0.2, 0.25) is 11.8 Å². The number of hydrogen-bond acceptors (Lipinski definition) is 3. The minimum atomic E-state index is -0.262. The molecule has 3 rings (SSSR count). The molecule has 0 aliphatic rings. The first-order valence-corrected chi connectivity index (χ1v) is 9.81. The van der Waals surface area contributed by atoms with Crippen molar-refractivity contribution in [3.63, 3.8) is 0 Å². The second kappa shape index (κ2) is 10.3. The van der Waals surface area contributed by atoms with Crippen LogP contribution in [0.25, 0.3) is 6.08 Å². The van der Waals surface area contributed by atoms with Gasteiger partial charge in [-0.1, -0.05) is 54.1 Å². The maximum Gasteiger partial charge on any atom is 0.248 e. The Balaban J connectivity index is 1.55. The zero-order valence-corrected chi connectivity index (χ0v) is 17.2. The predicted molar refractivity (Wildman–Crippen MR) is 124 cm³/mol. The fourth-order valence-corrected chi connectivity index (χ4v) is 3.01. The first-order valence-electron chi connectivity index (χ1n) is 9.44. The van der Waals surface area contributed by atoms with E-state index in [1.165, 1.54) is 13.0 Å². The molecular weight excluding hydrogens is 398 g/mol. The average molecular weight is 420 g/mol. The summed E-state index contributed by atoms with van der Waals surface area (Å²) in [7, 11) is 0. The van der Waals surface area contributed by atoms with E-state index in [1.54, 1.807) is 30.3 Å². The molecule has 0 radical (unpaired) electrons. The van der Waals surface area contributed by atoms with Crippen LogP contribution in [0, 0.1) is 0 Å². The normalized spacial score (nSPS) is 10.6. The lowest BCUT2D eigenvalue weighted by Crippen LogP contribution is -2.08. The van der Waals surface area contributed by atoms with Crippen LogP contribution >= 0.6 is 11.6 Å². The molecule has 0 aromatic heterocycles. The van der Waals surface area contributed by atoms with E-state index in [2.05, 4.69) is 16.0 Å². The fraction of sp³-hybridized carbons (Fsp3) is 0.0833. The van der Waals surface area contributed by atoms with Gasteiger partial charge in [0.1, 0.15) is 0 Å². The molecule has 0 spiro atoms. The Morgan fingerprint density at radius 2 is 1.60 bits per heavy atom. The molecule has 0 bridgehead atoms. The van der Waals surface area contributed by atoms with Crippen molar-refractivity contribution in [2.75, 3.05) is 16.0 Å². The van der Waals surface area contributed by atoms with Gasteiger partial charge in [-0.05, 0) is 47.5 Å². The molecule has 0 fully saturated rings. The largest absolute Gasteiger partial charge is 0.380 e. The monoisotopic (exact) mass is 419 g/mol. The van der Waals surface area contributed by atoms with Crippen LogP contribution in [0.3, 0.4) is 0 Å². The number of nitrogens with one attached hydrogen (secondary N) is 3. The summed E-state index contributed by atoms with van der Waals surface area (Å²) < 4.78 is 0.